The highest BCUT2D eigenvalue weighted by molar-refractivity contribution is 6.07. The van der Waals surface area contributed by atoms with Gasteiger partial charge in [0, 0.05) is 6.61 Å². The summed E-state index contributed by atoms with van der Waals surface area (Å²) >= 11 is 0. The van der Waals surface area contributed by atoms with Gasteiger partial charge in [0.25, 0.3) is 0 Å². The fourth-order valence-electron chi connectivity index (χ4n) is 3.11. The Hall–Kier alpha value is -2.07. The summed E-state index contributed by atoms with van der Waals surface area (Å²) in [6.07, 6.45) is -2.22. The Morgan fingerprint density at radius 1 is 0.913 bits per heavy atom. The van der Waals surface area contributed by atoms with Crippen molar-refractivity contribution in [2.24, 2.45) is 0 Å². The Morgan fingerprint density at radius 2 is 1.52 bits per heavy atom. The van der Waals surface area contributed by atoms with Crippen molar-refractivity contribution in [3.05, 3.63) is 59.7 Å². The minimum absolute atomic E-state index is 0.244. The van der Waals surface area contributed by atoms with Gasteiger partial charge in [-0.05, 0) is 52.1 Å². The van der Waals surface area contributed by atoms with Gasteiger partial charge in [-0.15, -0.1) is 0 Å². The Balaban J connectivity index is 1.87. The Labute approximate surface area is 131 Å². The number of alkyl halides is 3. The summed E-state index contributed by atoms with van der Waals surface area (Å²) in [5.41, 5.74) is 0.498. The van der Waals surface area contributed by atoms with E-state index < -0.39 is 11.7 Å². The first-order chi connectivity index (χ1) is 11.0. The van der Waals surface area contributed by atoms with Crippen molar-refractivity contribution in [2.45, 2.75) is 25.1 Å². The van der Waals surface area contributed by atoms with E-state index in [-0.39, 0.29) is 6.10 Å². The number of ether oxygens (including phenoxy) is 1. The van der Waals surface area contributed by atoms with Crippen LogP contribution in [0.1, 0.15) is 17.5 Å². The molecule has 4 heteroatoms. The van der Waals surface area contributed by atoms with E-state index in [9.17, 15) is 13.2 Å². The van der Waals surface area contributed by atoms with Crippen molar-refractivity contribution < 1.29 is 17.9 Å². The molecule has 0 aliphatic carbocycles. The molecule has 1 unspecified atom stereocenters. The third-order valence-corrected chi connectivity index (χ3v) is 4.49. The van der Waals surface area contributed by atoms with Gasteiger partial charge in [-0.3, -0.25) is 0 Å². The molecule has 4 rings (SSSR count). The summed E-state index contributed by atoms with van der Waals surface area (Å²) in [6.45, 7) is 0.802. The molecule has 0 amide bonds. The van der Waals surface area contributed by atoms with Gasteiger partial charge >= 0.3 is 6.18 Å². The van der Waals surface area contributed by atoms with Crippen molar-refractivity contribution in [2.75, 3.05) is 6.61 Å². The Kier molecular flexibility index (Phi) is 3.31. The lowest BCUT2D eigenvalue weighted by Gasteiger charge is -2.26. The maximum Gasteiger partial charge on any atom is 0.416 e. The number of hydrogen-bond acceptors (Lipinski definition) is 1. The number of rotatable bonds is 2. The maximum absolute atomic E-state index is 13.0. The van der Waals surface area contributed by atoms with Crippen LogP contribution in [0.2, 0.25) is 0 Å². The minimum atomic E-state index is -4.33. The van der Waals surface area contributed by atoms with Gasteiger partial charge in [0.05, 0.1) is 11.7 Å². The van der Waals surface area contributed by atoms with Crippen LogP contribution in [0.15, 0.2) is 48.5 Å². The maximum atomic E-state index is 13.0. The van der Waals surface area contributed by atoms with Crippen LogP contribution in [0.4, 0.5) is 13.2 Å². The van der Waals surface area contributed by atoms with Crippen molar-refractivity contribution >= 4 is 21.5 Å². The normalized spacial score (nSPS) is 18.3. The second-order valence-corrected chi connectivity index (χ2v) is 6.04. The molecule has 1 fully saturated rings. The summed E-state index contributed by atoms with van der Waals surface area (Å²) in [5.74, 6) is 0. The van der Waals surface area contributed by atoms with Crippen LogP contribution in [-0.2, 0) is 17.3 Å². The summed E-state index contributed by atoms with van der Waals surface area (Å²) in [7, 11) is 0. The topological polar surface area (TPSA) is 9.23 Å². The van der Waals surface area contributed by atoms with Crippen LogP contribution in [-0.4, -0.2) is 12.7 Å². The lowest BCUT2D eigenvalue weighted by molar-refractivity contribution is -0.137. The zero-order valence-electron chi connectivity index (χ0n) is 12.4. The molecule has 1 atom stereocenters. The summed E-state index contributed by atoms with van der Waals surface area (Å²) < 4.78 is 44.5. The molecule has 23 heavy (non-hydrogen) atoms. The zero-order chi connectivity index (χ0) is 16.0. The Morgan fingerprint density at radius 3 is 2.13 bits per heavy atom. The second-order valence-electron chi connectivity index (χ2n) is 6.04. The van der Waals surface area contributed by atoms with Crippen LogP contribution in [0.3, 0.4) is 0 Å². The van der Waals surface area contributed by atoms with Crippen LogP contribution < -0.4 is 0 Å². The van der Waals surface area contributed by atoms with Crippen molar-refractivity contribution in [3.63, 3.8) is 0 Å². The molecule has 0 aromatic heterocycles. The smallest absolute Gasteiger partial charge is 0.378 e. The molecule has 3 aromatic carbocycles. The van der Waals surface area contributed by atoms with E-state index in [1.807, 2.05) is 30.3 Å². The molecule has 1 saturated heterocycles. The van der Waals surface area contributed by atoms with Crippen LogP contribution in [0.5, 0.6) is 0 Å². The second kappa shape index (κ2) is 5.24. The average Bonchev–Trinajstić information content (AvgIpc) is 2.49. The molecule has 1 aliphatic heterocycles. The molecule has 118 valence electrons. The molecule has 1 nitrogen and oxygen atoms in total. The lowest BCUT2D eigenvalue weighted by Crippen LogP contribution is -2.28. The molecule has 0 saturated carbocycles. The van der Waals surface area contributed by atoms with E-state index in [0.717, 1.165) is 47.2 Å². The number of benzene rings is 3. The van der Waals surface area contributed by atoms with Crippen molar-refractivity contribution in [3.8, 4) is 0 Å². The highest BCUT2D eigenvalue weighted by atomic mass is 19.4. The molecule has 0 radical (unpaired) electrons. The van der Waals surface area contributed by atoms with Crippen LogP contribution >= 0.6 is 0 Å². The molecule has 1 aliphatic rings. The number of halogens is 3. The highest BCUT2D eigenvalue weighted by Gasteiger charge is 2.30. The first kappa shape index (κ1) is 14.5. The predicted molar refractivity (Wildman–Crippen MR) is 84.5 cm³/mol. The first-order valence-corrected chi connectivity index (χ1v) is 7.65. The molecule has 3 aromatic rings. The van der Waals surface area contributed by atoms with Gasteiger partial charge in [-0.25, -0.2) is 0 Å². The lowest BCUT2D eigenvalue weighted by atomic mass is 9.95. The molecule has 0 bridgehead atoms. The van der Waals surface area contributed by atoms with E-state index in [2.05, 4.69) is 0 Å². The molecule has 0 N–H and O–H groups in total. The van der Waals surface area contributed by atoms with Crippen molar-refractivity contribution in [1.29, 1.82) is 0 Å². The number of fused-ring (bicyclic) bond motifs is 3. The molecule has 0 spiro atoms. The van der Waals surface area contributed by atoms with Gasteiger partial charge in [0.1, 0.15) is 0 Å². The summed E-state index contributed by atoms with van der Waals surface area (Å²) in [6, 6.07) is 13.8. The predicted octanol–water partition coefficient (Wildman–Crippen LogP) is 5.34. The highest BCUT2D eigenvalue weighted by Crippen LogP contribution is 2.34. The monoisotopic (exact) mass is 316 g/mol. The largest absolute Gasteiger partial charge is 0.416 e. The third kappa shape index (κ3) is 2.68. The summed E-state index contributed by atoms with van der Waals surface area (Å²) in [5, 5.41) is 3.29. The third-order valence-electron chi connectivity index (χ3n) is 4.49. The summed E-state index contributed by atoms with van der Waals surface area (Å²) in [4.78, 5) is 0. The first-order valence-electron chi connectivity index (χ1n) is 7.65. The molecular formula is C19H15F3O. The van der Waals surface area contributed by atoms with Crippen LogP contribution in [0, 0.1) is 0 Å². The van der Waals surface area contributed by atoms with Gasteiger partial charge in [0.2, 0.25) is 0 Å². The molecular weight excluding hydrogens is 301 g/mol. The fourth-order valence-corrected chi connectivity index (χ4v) is 3.11. The standard InChI is InChI=1S/C19H15F3O/c20-19(21,22)15-6-5-14-4-3-13-2-1-12(9-16-7-8-23-16)10-17(13)18(14)11-15/h1-6,10-11,16H,7-9H2. The SMILES string of the molecule is FC(F)(F)c1ccc2ccc3ccc(CC4CCO4)cc3c2c1. The van der Waals surface area contributed by atoms with Crippen molar-refractivity contribution in [1.82, 2.24) is 0 Å². The van der Waals surface area contributed by atoms with Crippen LogP contribution in [0.25, 0.3) is 21.5 Å². The zero-order valence-corrected chi connectivity index (χ0v) is 12.4. The van der Waals surface area contributed by atoms with E-state index in [4.69, 9.17) is 4.74 Å². The van der Waals surface area contributed by atoms with E-state index in [1.54, 1.807) is 6.07 Å². The van der Waals surface area contributed by atoms with Gasteiger partial charge in [-0.2, -0.15) is 13.2 Å². The average molecular weight is 316 g/mol. The Bertz CT molecular complexity index is 879. The fraction of sp³-hybridized carbons (Fsp3) is 0.263. The van der Waals surface area contributed by atoms with E-state index in [0.29, 0.717) is 5.39 Å². The van der Waals surface area contributed by atoms with Gasteiger partial charge < -0.3 is 4.74 Å². The number of hydrogen-bond donors (Lipinski definition) is 0. The molecule has 1 heterocycles. The minimum Gasteiger partial charge on any atom is -0.378 e. The van der Waals surface area contributed by atoms with E-state index in [1.165, 1.54) is 6.07 Å². The van der Waals surface area contributed by atoms with E-state index >= 15 is 0 Å². The quantitative estimate of drug-likeness (QED) is 0.580. The van der Waals surface area contributed by atoms with Gasteiger partial charge in [-0.1, -0.05) is 36.4 Å². The van der Waals surface area contributed by atoms with Gasteiger partial charge in [0.15, 0.2) is 0 Å².